The quantitative estimate of drug-likeness (QED) is 0.807. The lowest BCUT2D eigenvalue weighted by atomic mass is 10.1. The van der Waals surface area contributed by atoms with Gasteiger partial charge >= 0.3 is 0 Å². The zero-order valence-corrected chi connectivity index (χ0v) is 8.97. The number of hydrogen-bond donors (Lipinski definition) is 1. The molecule has 0 aliphatic heterocycles. The monoisotopic (exact) mass is 231 g/mol. The average molecular weight is 232 g/mol. The van der Waals surface area contributed by atoms with Gasteiger partial charge < -0.3 is 10.5 Å². The molecule has 0 radical (unpaired) electrons. The molecule has 0 saturated carbocycles. The van der Waals surface area contributed by atoms with Gasteiger partial charge in [0.2, 0.25) is 0 Å². The first kappa shape index (κ1) is 11.9. The molecule has 0 atom stereocenters. The van der Waals surface area contributed by atoms with E-state index in [0.29, 0.717) is 0 Å². The van der Waals surface area contributed by atoms with E-state index in [1.165, 1.54) is 19.2 Å². The van der Waals surface area contributed by atoms with Crippen molar-refractivity contribution in [3.63, 3.8) is 0 Å². The molecule has 0 aliphatic rings. The van der Waals surface area contributed by atoms with Gasteiger partial charge in [0.15, 0.2) is 17.3 Å². The smallest absolute Gasteiger partial charge is 0.184 e. The SMILES string of the molecule is COc1c(C(=O)CCN)ccc(Cl)c1F. The second-order valence-electron chi connectivity index (χ2n) is 2.90. The number of methoxy groups -OCH3 is 1. The van der Waals surface area contributed by atoms with Crippen molar-refractivity contribution in [3.05, 3.63) is 28.5 Å². The van der Waals surface area contributed by atoms with Crippen molar-refractivity contribution in [2.75, 3.05) is 13.7 Å². The van der Waals surface area contributed by atoms with E-state index in [1.807, 2.05) is 0 Å². The van der Waals surface area contributed by atoms with Crippen molar-refractivity contribution in [2.45, 2.75) is 6.42 Å². The number of ether oxygens (including phenoxy) is 1. The third-order valence-electron chi connectivity index (χ3n) is 1.93. The Morgan fingerprint density at radius 1 is 1.60 bits per heavy atom. The van der Waals surface area contributed by atoms with E-state index < -0.39 is 5.82 Å². The van der Waals surface area contributed by atoms with E-state index in [-0.39, 0.29) is 35.1 Å². The fraction of sp³-hybridized carbons (Fsp3) is 0.300. The molecule has 0 saturated heterocycles. The maximum absolute atomic E-state index is 13.4. The first-order chi connectivity index (χ1) is 7.11. The zero-order chi connectivity index (χ0) is 11.4. The summed E-state index contributed by atoms with van der Waals surface area (Å²) < 4.78 is 18.2. The summed E-state index contributed by atoms with van der Waals surface area (Å²) in [6.07, 6.45) is 0.150. The highest BCUT2D eigenvalue weighted by atomic mass is 35.5. The van der Waals surface area contributed by atoms with Gasteiger partial charge in [-0.05, 0) is 18.7 Å². The van der Waals surface area contributed by atoms with Crippen LogP contribution in [0, 0.1) is 5.82 Å². The van der Waals surface area contributed by atoms with E-state index in [2.05, 4.69) is 0 Å². The molecule has 2 N–H and O–H groups in total. The largest absolute Gasteiger partial charge is 0.493 e. The Bertz CT molecular complexity index is 382. The van der Waals surface area contributed by atoms with E-state index >= 15 is 0 Å². The van der Waals surface area contributed by atoms with Crippen LogP contribution >= 0.6 is 11.6 Å². The van der Waals surface area contributed by atoms with Gasteiger partial charge in [-0.15, -0.1) is 0 Å². The van der Waals surface area contributed by atoms with Crippen LogP contribution < -0.4 is 10.5 Å². The molecule has 0 aromatic heterocycles. The molecule has 0 fully saturated rings. The molecule has 1 aromatic rings. The number of carbonyl (C=O) groups excluding carboxylic acids is 1. The third-order valence-corrected chi connectivity index (χ3v) is 2.22. The Balaban J connectivity index is 3.18. The molecular weight excluding hydrogens is 221 g/mol. The Hall–Kier alpha value is -1.13. The number of carbonyl (C=O) groups is 1. The summed E-state index contributed by atoms with van der Waals surface area (Å²) >= 11 is 5.56. The van der Waals surface area contributed by atoms with Crippen molar-refractivity contribution in [1.82, 2.24) is 0 Å². The predicted molar refractivity (Wildman–Crippen MR) is 56.0 cm³/mol. The fourth-order valence-corrected chi connectivity index (χ4v) is 1.37. The Kier molecular flexibility index (Phi) is 4.05. The highest BCUT2D eigenvalue weighted by molar-refractivity contribution is 6.31. The summed E-state index contributed by atoms with van der Waals surface area (Å²) in [6, 6.07) is 2.76. The van der Waals surface area contributed by atoms with Crippen molar-refractivity contribution in [2.24, 2.45) is 5.73 Å². The molecule has 82 valence electrons. The zero-order valence-electron chi connectivity index (χ0n) is 8.22. The maximum atomic E-state index is 13.4. The summed E-state index contributed by atoms with van der Waals surface area (Å²) in [5.41, 5.74) is 5.42. The van der Waals surface area contributed by atoms with Gasteiger partial charge in [0.1, 0.15) is 0 Å². The van der Waals surface area contributed by atoms with Crippen LogP contribution in [0.1, 0.15) is 16.8 Å². The number of ketones is 1. The molecule has 0 aliphatic carbocycles. The molecule has 15 heavy (non-hydrogen) atoms. The minimum Gasteiger partial charge on any atom is -0.493 e. The van der Waals surface area contributed by atoms with E-state index in [4.69, 9.17) is 22.1 Å². The number of benzene rings is 1. The topological polar surface area (TPSA) is 52.3 Å². The molecule has 1 aromatic carbocycles. The van der Waals surface area contributed by atoms with Crippen LogP contribution in [-0.2, 0) is 0 Å². The Morgan fingerprint density at radius 2 is 2.27 bits per heavy atom. The van der Waals surface area contributed by atoms with Crippen LogP contribution in [0.4, 0.5) is 4.39 Å². The van der Waals surface area contributed by atoms with Crippen molar-refractivity contribution >= 4 is 17.4 Å². The molecule has 0 bridgehead atoms. The standard InChI is InChI=1S/C10H11ClFNO2/c1-15-10-6(8(14)4-5-13)2-3-7(11)9(10)12/h2-3H,4-5,13H2,1H3. The van der Waals surface area contributed by atoms with Crippen molar-refractivity contribution in [1.29, 1.82) is 0 Å². The van der Waals surface area contributed by atoms with Gasteiger partial charge in [0.25, 0.3) is 0 Å². The van der Waals surface area contributed by atoms with Gasteiger partial charge in [0.05, 0.1) is 17.7 Å². The number of Topliss-reactive ketones (excluding diaryl/α,β-unsaturated/α-hetero) is 1. The summed E-state index contributed by atoms with van der Waals surface area (Å²) in [7, 11) is 1.29. The second kappa shape index (κ2) is 5.09. The van der Waals surface area contributed by atoms with Gasteiger partial charge in [0, 0.05) is 6.42 Å². The summed E-state index contributed by atoms with van der Waals surface area (Å²) in [4.78, 5) is 11.5. The molecule has 1 rings (SSSR count). The summed E-state index contributed by atoms with van der Waals surface area (Å²) in [6.45, 7) is 0.215. The van der Waals surface area contributed by atoms with E-state index in [0.717, 1.165) is 0 Å². The lowest BCUT2D eigenvalue weighted by molar-refractivity contribution is 0.0981. The second-order valence-corrected chi connectivity index (χ2v) is 3.31. The summed E-state index contributed by atoms with van der Waals surface area (Å²) in [5, 5.41) is -0.0730. The maximum Gasteiger partial charge on any atom is 0.184 e. The van der Waals surface area contributed by atoms with Crippen LogP contribution in [0.15, 0.2) is 12.1 Å². The lowest BCUT2D eigenvalue weighted by Crippen LogP contribution is -2.10. The van der Waals surface area contributed by atoms with Gasteiger partial charge in [-0.1, -0.05) is 11.6 Å². The minimum absolute atomic E-state index is 0.0730. The van der Waals surface area contributed by atoms with Gasteiger partial charge in [-0.3, -0.25) is 4.79 Å². The average Bonchev–Trinajstić information content (AvgIpc) is 2.22. The molecule has 0 amide bonds. The number of hydrogen-bond acceptors (Lipinski definition) is 3. The number of rotatable bonds is 4. The highest BCUT2D eigenvalue weighted by Crippen LogP contribution is 2.29. The van der Waals surface area contributed by atoms with Crippen LogP contribution in [-0.4, -0.2) is 19.4 Å². The Morgan fingerprint density at radius 3 is 2.80 bits per heavy atom. The first-order valence-electron chi connectivity index (χ1n) is 4.37. The molecule has 0 unspecified atom stereocenters. The van der Waals surface area contributed by atoms with Crippen LogP contribution in [0.5, 0.6) is 5.75 Å². The minimum atomic E-state index is -0.720. The van der Waals surface area contributed by atoms with E-state index in [9.17, 15) is 9.18 Å². The van der Waals surface area contributed by atoms with Gasteiger partial charge in [-0.2, -0.15) is 0 Å². The molecule has 5 heteroatoms. The summed E-state index contributed by atoms with van der Waals surface area (Å²) in [5.74, 6) is -1.10. The Labute approximate surface area is 92.0 Å². The molecule has 0 spiro atoms. The predicted octanol–water partition coefficient (Wildman–Crippen LogP) is 2.02. The first-order valence-corrected chi connectivity index (χ1v) is 4.74. The number of halogens is 2. The van der Waals surface area contributed by atoms with Crippen LogP contribution in [0.2, 0.25) is 5.02 Å². The van der Waals surface area contributed by atoms with Gasteiger partial charge in [-0.25, -0.2) is 4.39 Å². The fourth-order valence-electron chi connectivity index (χ4n) is 1.22. The van der Waals surface area contributed by atoms with Crippen LogP contribution in [0.25, 0.3) is 0 Å². The number of nitrogens with two attached hydrogens (primary N) is 1. The lowest BCUT2D eigenvalue weighted by Gasteiger charge is -2.08. The molecule has 3 nitrogen and oxygen atoms in total. The molecule has 0 heterocycles. The van der Waals surface area contributed by atoms with Crippen molar-refractivity contribution < 1.29 is 13.9 Å². The van der Waals surface area contributed by atoms with E-state index in [1.54, 1.807) is 0 Å². The third kappa shape index (κ3) is 2.46. The van der Waals surface area contributed by atoms with Crippen molar-refractivity contribution in [3.8, 4) is 5.75 Å². The normalized spacial score (nSPS) is 10.1. The molecular formula is C10H11ClFNO2. The highest BCUT2D eigenvalue weighted by Gasteiger charge is 2.17. The van der Waals surface area contributed by atoms with Crippen LogP contribution in [0.3, 0.4) is 0 Å².